The van der Waals surface area contributed by atoms with Crippen molar-refractivity contribution in [2.45, 2.75) is 0 Å². The zero-order chi connectivity index (χ0) is 8.12. The maximum absolute atomic E-state index is 7.13. The Morgan fingerprint density at radius 3 is 0.727 bits per heavy atom. The quantitative estimate of drug-likeness (QED) is 0.363. The average Bonchev–Trinajstić information content (AvgIpc) is 1.70. The summed E-state index contributed by atoms with van der Waals surface area (Å²) >= 11 is 11.1. The number of nitriles is 3. The Labute approximate surface area is 103 Å². The summed E-state index contributed by atoms with van der Waals surface area (Å²) in [6.07, 6.45) is 0. The molecule has 11 heavy (non-hydrogen) atoms. The fourth-order valence-electron chi connectivity index (χ4n) is 0. The maximum Gasteiger partial charge on any atom is 2.00 e. The predicted octanol–water partition coefficient (Wildman–Crippen LogP) is 0.417. The van der Waals surface area contributed by atoms with E-state index >= 15 is 0 Å². The predicted molar refractivity (Wildman–Crippen MR) is 44.9 cm³/mol. The van der Waals surface area contributed by atoms with Gasteiger partial charge in [0, 0.05) is 0 Å². The Bertz CT molecular complexity index is 114. The number of quaternary nitrogens is 1. The van der Waals surface area contributed by atoms with Crippen molar-refractivity contribution < 1.29 is 27.7 Å². The van der Waals surface area contributed by atoms with Gasteiger partial charge in [-0.25, -0.2) is 15.8 Å². The molecule has 0 radical (unpaired) electrons. The van der Waals surface area contributed by atoms with E-state index in [0.717, 1.165) is 0 Å². The Balaban J connectivity index is -0.0000000150. The Hall–Kier alpha value is 0.0251. The molecule has 0 aliphatic heterocycles. The van der Waals surface area contributed by atoms with Gasteiger partial charge in [-0.15, -0.1) is 0 Å². The van der Waals surface area contributed by atoms with Crippen LogP contribution in [0, 0.1) is 32.0 Å². The molecule has 0 spiro atoms. The summed E-state index contributed by atoms with van der Waals surface area (Å²) < 4.78 is 0. The second-order valence-corrected chi connectivity index (χ2v) is 0.822. The van der Waals surface area contributed by atoms with Gasteiger partial charge in [-0.1, -0.05) is 16.2 Å². The number of hydrogen-bond donors (Lipinski definition) is 1. The Kier molecular flexibility index (Phi) is 248. The fourth-order valence-corrected chi connectivity index (χ4v) is 0. The van der Waals surface area contributed by atoms with Crippen molar-refractivity contribution in [3.05, 3.63) is 0 Å². The van der Waals surface area contributed by atoms with Gasteiger partial charge in [0.1, 0.15) is 0 Å². The molecule has 0 saturated heterocycles. The third kappa shape index (κ3) is 1030000. The first-order chi connectivity index (χ1) is 4.24. The zero-order valence-electron chi connectivity index (χ0n) is 5.77. The molecule has 0 rings (SSSR count). The minimum atomic E-state index is 0. The maximum atomic E-state index is 7.13. The summed E-state index contributed by atoms with van der Waals surface area (Å²) in [4.78, 5) is 0. The van der Waals surface area contributed by atoms with E-state index in [1.54, 1.807) is 0 Å². The van der Waals surface area contributed by atoms with Crippen LogP contribution in [-0.4, -0.2) is 0 Å². The van der Waals surface area contributed by atoms with Crippen LogP contribution in [0.4, 0.5) is 0 Å². The molecule has 0 fully saturated rings. The van der Waals surface area contributed by atoms with Crippen molar-refractivity contribution in [1.29, 1.82) is 15.8 Å². The monoisotopic (exact) mass is 394 g/mol. The first kappa shape index (κ1) is 30.5. The standard InChI is InChI=1S/3CHNS.Hg.H3N/c3*2-1-3;;/h3*3H;;1H3/q;;;+2;/p-2. The van der Waals surface area contributed by atoms with Crippen molar-refractivity contribution >= 4 is 37.9 Å². The van der Waals surface area contributed by atoms with E-state index in [2.05, 4.69) is 37.9 Å². The largest absolute Gasteiger partial charge is 2.00 e. The number of thiocyanates is 3. The molecule has 0 saturated carbocycles. The van der Waals surface area contributed by atoms with E-state index in [0.29, 0.717) is 0 Å². The van der Waals surface area contributed by atoms with Crippen molar-refractivity contribution in [1.82, 2.24) is 6.15 Å². The van der Waals surface area contributed by atoms with E-state index in [1.165, 1.54) is 16.2 Å². The molecule has 8 heteroatoms. The molecule has 0 amide bonds. The van der Waals surface area contributed by atoms with E-state index in [-0.39, 0.29) is 33.8 Å². The van der Waals surface area contributed by atoms with E-state index in [9.17, 15) is 0 Å². The number of rotatable bonds is 0. The van der Waals surface area contributed by atoms with Crippen LogP contribution in [0.15, 0.2) is 0 Å². The molecular formula is C3H4HgN4S3. The third-order valence-corrected chi connectivity index (χ3v) is 0. The van der Waals surface area contributed by atoms with Gasteiger partial charge in [0.05, 0.1) is 0 Å². The molecule has 0 aromatic carbocycles. The van der Waals surface area contributed by atoms with Crippen LogP contribution in [-0.2, 0) is 65.6 Å². The molecule has 56 valence electrons. The van der Waals surface area contributed by atoms with Crippen molar-refractivity contribution in [3.8, 4) is 16.2 Å². The molecule has 0 aliphatic rings. The van der Waals surface area contributed by atoms with Crippen LogP contribution in [0.1, 0.15) is 0 Å². The fraction of sp³-hybridized carbons (Fsp3) is 0. The molecule has 0 aromatic rings. The summed E-state index contributed by atoms with van der Waals surface area (Å²) in [6.45, 7) is 0. The molecular weight excluding hydrogens is 389 g/mol. The van der Waals surface area contributed by atoms with Crippen LogP contribution < -0.4 is 6.15 Å². The molecule has 0 atom stereocenters. The number of hydrogen-bond acceptors (Lipinski definition) is 6. The third-order valence-electron chi connectivity index (χ3n) is 0. The van der Waals surface area contributed by atoms with E-state index < -0.39 is 0 Å². The van der Waals surface area contributed by atoms with Gasteiger partial charge in [0.2, 0.25) is 0 Å². The Morgan fingerprint density at radius 2 is 0.727 bits per heavy atom. The topological polar surface area (TPSA) is 108 Å². The summed E-state index contributed by atoms with van der Waals surface area (Å²) in [5.41, 5.74) is 0. The molecule has 0 unspecified atom stereocenters. The van der Waals surface area contributed by atoms with Gasteiger partial charge in [0.25, 0.3) is 0 Å². The zero-order valence-corrected chi connectivity index (χ0v) is 13.7. The van der Waals surface area contributed by atoms with Gasteiger partial charge in [-0.3, -0.25) is 0 Å². The van der Waals surface area contributed by atoms with E-state index in [1.807, 2.05) is 0 Å². The normalized spacial score (nSPS) is 1.91. The molecule has 0 bridgehead atoms. The van der Waals surface area contributed by atoms with Crippen LogP contribution in [0.5, 0.6) is 0 Å². The van der Waals surface area contributed by atoms with Crippen LogP contribution >= 0.6 is 0 Å². The summed E-state index contributed by atoms with van der Waals surface area (Å²) in [6, 6.07) is 0. The smallest absolute Gasteiger partial charge is 0.696 e. The van der Waals surface area contributed by atoms with Gasteiger partial charge in [0.15, 0.2) is 0 Å². The van der Waals surface area contributed by atoms with Crippen LogP contribution in [0.25, 0.3) is 0 Å². The second-order valence-electron chi connectivity index (χ2n) is 0.274. The average molecular weight is 393 g/mol. The molecule has 4 N–H and O–H groups in total. The first-order valence-electron chi connectivity index (χ1n) is 1.28. The summed E-state index contributed by atoms with van der Waals surface area (Å²) in [5, 5.41) is 25.4. The molecule has 0 aromatic heterocycles. The van der Waals surface area contributed by atoms with Crippen molar-refractivity contribution in [3.63, 3.8) is 0 Å². The minimum Gasteiger partial charge on any atom is -0.696 e. The second kappa shape index (κ2) is 89.2. The SMILES string of the molecule is N#C[S-].N#C[S-].N#C[S-].[Hg+2].[NH4+]. The van der Waals surface area contributed by atoms with Crippen molar-refractivity contribution in [2.75, 3.05) is 0 Å². The molecule has 0 heterocycles. The van der Waals surface area contributed by atoms with Gasteiger partial charge in [-0.2, -0.15) is 0 Å². The molecule has 0 aliphatic carbocycles. The van der Waals surface area contributed by atoms with Gasteiger partial charge < -0.3 is 44.0 Å². The number of nitrogens with zero attached hydrogens (tertiary/aromatic N) is 3. The Morgan fingerprint density at radius 1 is 0.727 bits per heavy atom. The van der Waals surface area contributed by atoms with Crippen LogP contribution in [0.3, 0.4) is 0 Å². The summed E-state index contributed by atoms with van der Waals surface area (Å²) in [7, 11) is 0. The molecule has 4 nitrogen and oxygen atoms in total. The first-order valence-corrected chi connectivity index (χ1v) is 2.51. The minimum absolute atomic E-state index is 0. The van der Waals surface area contributed by atoms with Crippen LogP contribution in [0.2, 0.25) is 0 Å². The van der Waals surface area contributed by atoms with Gasteiger partial charge in [-0.05, 0) is 0 Å². The van der Waals surface area contributed by atoms with Crippen molar-refractivity contribution in [2.24, 2.45) is 0 Å². The van der Waals surface area contributed by atoms with E-state index in [4.69, 9.17) is 15.8 Å². The van der Waals surface area contributed by atoms with Gasteiger partial charge >= 0.3 is 27.7 Å². The summed E-state index contributed by atoms with van der Waals surface area (Å²) in [5.74, 6) is 0.